The first-order valence-electron chi connectivity index (χ1n) is 6.74. The highest BCUT2D eigenvalue weighted by Gasteiger charge is 2.11. The molecule has 0 aliphatic rings. The lowest BCUT2D eigenvalue weighted by molar-refractivity contribution is 0.237. The van der Waals surface area contributed by atoms with Gasteiger partial charge in [0.05, 0.1) is 6.61 Å². The van der Waals surface area contributed by atoms with Crippen LogP contribution in [0, 0.1) is 12.8 Å². The molecule has 0 bridgehead atoms. The first-order chi connectivity index (χ1) is 8.62. The van der Waals surface area contributed by atoms with E-state index >= 15 is 0 Å². The number of ether oxygens (including phenoxy) is 1. The molecule has 0 heterocycles. The average molecular weight is 314 g/mol. The van der Waals surface area contributed by atoms with Crippen LogP contribution in [-0.2, 0) is 6.42 Å². The number of benzene rings is 1. The van der Waals surface area contributed by atoms with E-state index in [1.54, 1.807) is 0 Å². The van der Waals surface area contributed by atoms with Gasteiger partial charge in [-0.3, -0.25) is 0 Å². The minimum absolute atomic E-state index is 0.638. The second-order valence-corrected chi connectivity index (χ2v) is 5.66. The highest BCUT2D eigenvalue weighted by Crippen LogP contribution is 2.29. The Hall–Kier alpha value is -0.540. The van der Waals surface area contributed by atoms with Crippen LogP contribution in [0.2, 0.25) is 0 Å². The van der Waals surface area contributed by atoms with Crippen LogP contribution in [0.5, 0.6) is 5.75 Å². The van der Waals surface area contributed by atoms with E-state index in [-0.39, 0.29) is 0 Å². The molecule has 1 rings (SSSR count). The van der Waals surface area contributed by atoms with Gasteiger partial charge in [-0.25, -0.2) is 0 Å². The van der Waals surface area contributed by atoms with E-state index in [1.807, 2.05) is 0 Å². The molecule has 0 aromatic heterocycles. The molecule has 2 nitrogen and oxygen atoms in total. The van der Waals surface area contributed by atoms with E-state index in [1.165, 1.54) is 11.1 Å². The van der Waals surface area contributed by atoms with E-state index in [9.17, 15) is 0 Å². The fourth-order valence-electron chi connectivity index (χ4n) is 2.07. The predicted molar refractivity (Wildman–Crippen MR) is 81.2 cm³/mol. The molecule has 0 unspecified atom stereocenters. The van der Waals surface area contributed by atoms with Crippen molar-refractivity contribution in [1.29, 1.82) is 0 Å². The Morgan fingerprint density at radius 1 is 1.28 bits per heavy atom. The van der Waals surface area contributed by atoms with Gasteiger partial charge in [0.25, 0.3) is 0 Å². The summed E-state index contributed by atoms with van der Waals surface area (Å²) in [7, 11) is 0. The molecule has 102 valence electrons. The predicted octanol–water partition coefficient (Wildman–Crippen LogP) is 4.07. The van der Waals surface area contributed by atoms with E-state index < -0.39 is 0 Å². The molecule has 0 atom stereocenters. The fourth-order valence-corrected chi connectivity index (χ4v) is 2.69. The number of rotatable bonds is 7. The zero-order valence-corrected chi connectivity index (χ0v) is 13.2. The normalized spacial score (nSPS) is 11.0. The maximum absolute atomic E-state index is 6.04. The molecule has 0 aliphatic carbocycles. The highest BCUT2D eigenvalue weighted by atomic mass is 79.9. The second-order valence-electron chi connectivity index (χ2n) is 4.74. The van der Waals surface area contributed by atoms with Gasteiger partial charge in [-0.15, -0.1) is 0 Å². The van der Waals surface area contributed by atoms with Crippen molar-refractivity contribution in [2.45, 2.75) is 40.0 Å². The summed E-state index contributed by atoms with van der Waals surface area (Å²) in [6.07, 6.45) is 3.19. The maximum atomic E-state index is 6.04. The van der Waals surface area contributed by atoms with Gasteiger partial charge in [-0.05, 0) is 49.1 Å². The molecule has 3 heteroatoms. The van der Waals surface area contributed by atoms with Crippen LogP contribution in [0.4, 0.5) is 0 Å². The number of aryl methyl sites for hydroxylation is 1. The van der Waals surface area contributed by atoms with Gasteiger partial charge >= 0.3 is 0 Å². The molecular weight excluding hydrogens is 290 g/mol. The molecule has 2 N–H and O–H groups in total. The quantitative estimate of drug-likeness (QED) is 0.823. The van der Waals surface area contributed by atoms with Crippen molar-refractivity contribution in [2.75, 3.05) is 13.2 Å². The van der Waals surface area contributed by atoms with E-state index in [2.05, 4.69) is 48.8 Å². The summed E-state index contributed by atoms with van der Waals surface area (Å²) in [6, 6.07) is 4.21. The van der Waals surface area contributed by atoms with Crippen LogP contribution in [0.3, 0.4) is 0 Å². The zero-order chi connectivity index (χ0) is 13.5. The lowest BCUT2D eigenvalue weighted by Crippen LogP contribution is -2.13. The lowest BCUT2D eigenvalue weighted by Gasteiger charge is -2.18. The van der Waals surface area contributed by atoms with Crippen LogP contribution in [0.1, 0.15) is 37.8 Å². The molecular formula is C15H24BrNO. The number of hydrogen-bond donors (Lipinski definition) is 1. The molecule has 0 saturated carbocycles. The van der Waals surface area contributed by atoms with Crippen molar-refractivity contribution in [2.24, 2.45) is 11.7 Å². The molecule has 1 aromatic carbocycles. The standard InChI is InChI=1S/C15H24BrNO/c1-4-12(5-2)10-18-15-11(3)8-14(16)9-13(15)6-7-17/h8-9,12H,4-7,10,17H2,1-3H3. The first-order valence-corrected chi connectivity index (χ1v) is 7.53. The van der Waals surface area contributed by atoms with Gasteiger partial charge < -0.3 is 10.5 Å². The summed E-state index contributed by atoms with van der Waals surface area (Å²) in [5, 5.41) is 0. The SMILES string of the molecule is CCC(CC)COc1c(C)cc(Br)cc1CCN. The molecule has 0 fully saturated rings. The van der Waals surface area contributed by atoms with Gasteiger partial charge in [0.2, 0.25) is 0 Å². The Bertz CT molecular complexity index is 375. The van der Waals surface area contributed by atoms with E-state index in [4.69, 9.17) is 10.5 Å². The Labute approximate surface area is 119 Å². The molecule has 0 spiro atoms. The lowest BCUT2D eigenvalue weighted by atomic mass is 10.0. The Kier molecular flexibility index (Phi) is 6.72. The van der Waals surface area contributed by atoms with Crippen LogP contribution in [0.25, 0.3) is 0 Å². The monoisotopic (exact) mass is 313 g/mol. The third-order valence-electron chi connectivity index (χ3n) is 3.35. The van der Waals surface area contributed by atoms with Gasteiger partial charge in [-0.2, -0.15) is 0 Å². The van der Waals surface area contributed by atoms with Crippen LogP contribution >= 0.6 is 15.9 Å². The summed E-state index contributed by atoms with van der Waals surface area (Å²) in [4.78, 5) is 0. The Morgan fingerprint density at radius 3 is 2.50 bits per heavy atom. The number of hydrogen-bond acceptors (Lipinski definition) is 2. The van der Waals surface area contributed by atoms with Crippen molar-refractivity contribution in [3.8, 4) is 5.75 Å². The zero-order valence-electron chi connectivity index (χ0n) is 11.6. The number of halogens is 1. The summed E-state index contributed by atoms with van der Waals surface area (Å²) >= 11 is 3.53. The van der Waals surface area contributed by atoms with Crippen molar-refractivity contribution < 1.29 is 4.74 Å². The molecule has 0 radical (unpaired) electrons. The first kappa shape index (κ1) is 15.5. The second kappa shape index (κ2) is 7.80. The molecule has 18 heavy (non-hydrogen) atoms. The molecule has 0 amide bonds. The largest absolute Gasteiger partial charge is 0.493 e. The van der Waals surface area contributed by atoms with Crippen molar-refractivity contribution in [3.05, 3.63) is 27.7 Å². The summed E-state index contributed by atoms with van der Waals surface area (Å²) in [5.41, 5.74) is 8.05. The summed E-state index contributed by atoms with van der Waals surface area (Å²) in [5.74, 6) is 1.66. The maximum Gasteiger partial charge on any atom is 0.125 e. The smallest absolute Gasteiger partial charge is 0.125 e. The minimum Gasteiger partial charge on any atom is -0.493 e. The van der Waals surface area contributed by atoms with Crippen molar-refractivity contribution >= 4 is 15.9 Å². The Morgan fingerprint density at radius 2 is 1.94 bits per heavy atom. The fraction of sp³-hybridized carbons (Fsp3) is 0.600. The minimum atomic E-state index is 0.638. The van der Waals surface area contributed by atoms with E-state index in [0.717, 1.165) is 36.1 Å². The van der Waals surface area contributed by atoms with Gasteiger partial charge in [0.1, 0.15) is 5.75 Å². The van der Waals surface area contributed by atoms with E-state index in [0.29, 0.717) is 12.5 Å². The van der Waals surface area contributed by atoms with Crippen LogP contribution in [-0.4, -0.2) is 13.2 Å². The van der Waals surface area contributed by atoms with Crippen LogP contribution in [0.15, 0.2) is 16.6 Å². The highest BCUT2D eigenvalue weighted by molar-refractivity contribution is 9.10. The average Bonchev–Trinajstić information content (AvgIpc) is 2.33. The summed E-state index contributed by atoms with van der Waals surface area (Å²) in [6.45, 7) is 7.97. The number of nitrogens with two attached hydrogens (primary N) is 1. The molecule has 1 aromatic rings. The topological polar surface area (TPSA) is 35.2 Å². The third kappa shape index (κ3) is 4.29. The van der Waals surface area contributed by atoms with Gasteiger partial charge in [0, 0.05) is 4.47 Å². The molecule has 0 aliphatic heterocycles. The van der Waals surface area contributed by atoms with Gasteiger partial charge in [-0.1, -0.05) is 42.6 Å². The summed E-state index contributed by atoms with van der Waals surface area (Å²) < 4.78 is 7.14. The van der Waals surface area contributed by atoms with Crippen molar-refractivity contribution in [3.63, 3.8) is 0 Å². The van der Waals surface area contributed by atoms with Crippen LogP contribution < -0.4 is 10.5 Å². The van der Waals surface area contributed by atoms with Crippen molar-refractivity contribution in [1.82, 2.24) is 0 Å². The van der Waals surface area contributed by atoms with Gasteiger partial charge in [0.15, 0.2) is 0 Å². The Balaban J connectivity index is 2.85. The third-order valence-corrected chi connectivity index (χ3v) is 3.81. The molecule has 0 saturated heterocycles.